The molecule has 3 rings (SSSR count). The summed E-state index contributed by atoms with van der Waals surface area (Å²) in [7, 11) is 4.72. The molecule has 0 N–H and O–H groups in total. The van der Waals surface area contributed by atoms with Crippen LogP contribution in [-0.4, -0.2) is 38.1 Å². The topological polar surface area (TPSA) is 75.8 Å². The fraction of sp³-hybridized carbons (Fsp3) is 0.556. The minimum Gasteiger partial charge on any atom is -0.493 e. The fourth-order valence-electron chi connectivity index (χ4n) is 3.38. The summed E-state index contributed by atoms with van der Waals surface area (Å²) in [5, 5.41) is 4.15. The summed E-state index contributed by atoms with van der Waals surface area (Å²) in [5.41, 5.74) is 0.273. The van der Waals surface area contributed by atoms with Gasteiger partial charge >= 0.3 is 0 Å². The van der Waals surface area contributed by atoms with Gasteiger partial charge in [-0.05, 0) is 44.7 Å². The molecule has 1 aromatic carbocycles. The maximum absolute atomic E-state index is 5.99. The van der Waals surface area contributed by atoms with Gasteiger partial charge in [0.15, 0.2) is 11.5 Å². The largest absolute Gasteiger partial charge is 0.493 e. The Hall–Kier alpha value is -2.28. The number of benzene rings is 1. The van der Waals surface area contributed by atoms with Crippen molar-refractivity contribution < 1.29 is 23.5 Å². The van der Waals surface area contributed by atoms with E-state index < -0.39 is 5.60 Å². The first-order valence-corrected chi connectivity index (χ1v) is 8.46. The first-order chi connectivity index (χ1) is 12.2. The number of hydrogen-bond donors (Lipinski definition) is 0. The molecule has 2 aromatic rings. The van der Waals surface area contributed by atoms with Crippen LogP contribution in [0.15, 0.2) is 16.7 Å². The molecular formula is C18H24N2O5. The molecule has 7 heteroatoms. The van der Waals surface area contributed by atoms with E-state index in [-0.39, 0.29) is 0 Å². The van der Waals surface area contributed by atoms with E-state index in [1.165, 1.54) is 0 Å². The third-order valence-corrected chi connectivity index (χ3v) is 4.57. The Kier molecular flexibility index (Phi) is 5.13. The molecule has 0 atom stereocenters. The molecule has 7 nitrogen and oxygen atoms in total. The van der Waals surface area contributed by atoms with E-state index in [9.17, 15) is 0 Å². The van der Waals surface area contributed by atoms with Crippen LogP contribution < -0.4 is 14.2 Å². The van der Waals surface area contributed by atoms with Crippen molar-refractivity contribution in [3.8, 4) is 28.6 Å². The van der Waals surface area contributed by atoms with Gasteiger partial charge in [-0.3, -0.25) is 0 Å². The summed E-state index contributed by atoms with van der Waals surface area (Å²) < 4.78 is 27.7. The highest BCUT2D eigenvalue weighted by Crippen LogP contribution is 2.43. The van der Waals surface area contributed by atoms with E-state index in [0.29, 0.717) is 35.6 Å². The smallest absolute Gasteiger partial charge is 0.259 e. The number of hydrogen-bond acceptors (Lipinski definition) is 7. The SMILES string of the molecule is CCOC1(c2nc(-c3cc(OC)c(OC)c(OC)c3)no2)CCCC1. The Morgan fingerprint density at radius 2 is 1.68 bits per heavy atom. The van der Waals surface area contributed by atoms with Crippen molar-refractivity contribution in [1.82, 2.24) is 10.1 Å². The predicted octanol–water partition coefficient (Wildman–Crippen LogP) is 3.57. The van der Waals surface area contributed by atoms with E-state index >= 15 is 0 Å². The van der Waals surface area contributed by atoms with Crippen molar-refractivity contribution in [3.63, 3.8) is 0 Å². The Balaban J connectivity index is 1.99. The minimum atomic E-state index is -0.458. The molecular weight excluding hydrogens is 324 g/mol. The lowest BCUT2D eigenvalue weighted by molar-refractivity contribution is -0.0610. The van der Waals surface area contributed by atoms with Gasteiger partial charge in [-0.2, -0.15) is 4.98 Å². The van der Waals surface area contributed by atoms with Crippen LogP contribution in [0.2, 0.25) is 0 Å². The van der Waals surface area contributed by atoms with Gasteiger partial charge in [0.2, 0.25) is 11.6 Å². The Bertz CT molecular complexity index is 697. The molecule has 0 aliphatic heterocycles. The van der Waals surface area contributed by atoms with Crippen LogP contribution in [-0.2, 0) is 10.3 Å². The van der Waals surface area contributed by atoms with Crippen LogP contribution in [0.5, 0.6) is 17.2 Å². The van der Waals surface area contributed by atoms with Crippen molar-refractivity contribution in [2.75, 3.05) is 27.9 Å². The standard InChI is InChI=1S/C18H24N2O5/c1-5-24-18(8-6-7-9-18)17-19-16(20-25-17)12-10-13(21-2)15(23-4)14(11-12)22-3/h10-11H,5-9H2,1-4H3. The highest BCUT2D eigenvalue weighted by molar-refractivity contribution is 5.66. The summed E-state index contributed by atoms with van der Waals surface area (Å²) in [6.45, 7) is 2.60. The van der Waals surface area contributed by atoms with Crippen molar-refractivity contribution >= 4 is 0 Å². The van der Waals surface area contributed by atoms with E-state index in [4.69, 9.17) is 23.5 Å². The van der Waals surface area contributed by atoms with Gasteiger partial charge in [0, 0.05) is 12.2 Å². The van der Waals surface area contributed by atoms with Gasteiger partial charge in [-0.1, -0.05) is 5.16 Å². The third-order valence-electron chi connectivity index (χ3n) is 4.57. The highest BCUT2D eigenvalue weighted by Gasteiger charge is 2.41. The molecule has 1 fully saturated rings. The molecule has 136 valence electrons. The Morgan fingerprint density at radius 3 is 2.20 bits per heavy atom. The van der Waals surface area contributed by atoms with Gasteiger partial charge in [0.05, 0.1) is 21.3 Å². The van der Waals surface area contributed by atoms with Crippen molar-refractivity contribution in [2.24, 2.45) is 0 Å². The fourth-order valence-corrected chi connectivity index (χ4v) is 3.38. The summed E-state index contributed by atoms with van der Waals surface area (Å²) in [5.74, 6) is 2.63. The molecule has 0 spiro atoms. The summed E-state index contributed by atoms with van der Waals surface area (Å²) in [6, 6.07) is 3.61. The molecule has 1 aliphatic carbocycles. The van der Waals surface area contributed by atoms with Gasteiger partial charge in [-0.25, -0.2) is 0 Å². The van der Waals surface area contributed by atoms with Gasteiger partial charge in [0.1, 0.15) is 5.60 Å². The number of aromatic nitrogens is 2. The average molecular weight is 348 g/mol. The van der Waals surface area contributed by atoms with E-state index in [2.05, 4.69) is 10.1 Å². The molecule has 0 unspecified atom stereocenters. The highest BCUT2D eigenvalue weighted by atomic mass is 16.5. The molecule has 1 heterocycles. The zero-order valence-electron chi connectivity index (χ0n) is 15.1. The molecule has 1 aliphatic rings. The summed E-state index contributed by atoms with van der Waals surface area (Å²) >= 11 is 0. The zero-order chi connectivity index (χ0) is 17.9. The second kappa shape index (κ2) is 7.31. The van der Waals surface area contributed by atoms with E-state index in [0.717, 1.165) is 31.2 Å². The van der Waals surface area contributed by atoms with Crippen LogP contribution in [0, 0.1) is 0 Å². The number of ether oxygens (including phenoxy) is 4. The normalized spacial score (nSPS) is 16.0. The Labute approximate surface area is 147 Å². The van der Waals surface area contributed by atoms with Gasteiger partial charge in [0.25, 0.3) is 5.89 Å². The maximum atomic E-state index is 5.99. The third kappa shape index (κ3) is 3.16. The predicted molar refractivity (Wildman–Crippen MR) is 91.2 cm³/mol. The molecule has 0 saturated heterocycles. The van der Waals surface area contributed by atoms with Crippen LogP contribution >= 0.6 is 0 Å². The van der Waals surface area contributed by atoms with Crippen LogP contribution in [0.1, 0.15) is 38.5 Å². The van der Waals surface area contributed by atoms with Gasteiger partial charge in [-0.15, -0.1) is 0 Å². The van der Waals surface area contributed by atoms with Crippen molar-refractivity contribution in [2.45, 2.75) is 38.2 Å². The van der Waals surface area contributed by atoms with Crippen LogP contribution in [0.25, 0.3) is 11.4 Å². The van der Waals surface area contributed by atoms with E-state index in [1.54, 1.807) is 33.5 Å². The first-order valence-electron chi connectivity index (χ1n) is 8.46. The summed E-state index contributed by atoms with van der Waals surface area (Å²) in [4.78, 5) is 4.60. The van der Waals surface area contributed by atoms with Crippen LogP contribution in [0.3, 0.4) is 0 Å². The molecule has 0 amide bonds. The van der Waals surface area contributed by atoms with Crippen LogP contribution in [0.4, 0.5) is 0 Å². The minimum absolute atomic E-state index is 0.458. The number of rotatable bonds is 7. The number of methoxy groups -OCH3 is 3. The van der Waals surface area contributed by atoms with Gasteiger partial charge < -0.3 is 23.5 Å². The summed E-state index contributed by atoms with van der Waals surface area (Å²) in [6.07, 6.45) is 4.00. The van der Waals surface area contributed by atoms with E-state index in [1.807, 2.05) is 6.92 Å². The lowest BCUT2D eigenvalue weighted by Gasteiger charge is -2.24. The second-order valence-electron chi connectivity index (χ2n) is 5.97. The quantitative estimate of drug-likeness (QED) is 0.757. The second-order valence-corrected chi connectivity index (χ2v) is 5.97. The molecule has 1 saturated carbocycles. The maximum Gasteiger partial charge on any atom is 0.259 e. The zero-order valence-corrected chi connectivity index (χ0v) is 15.1. The Morgan fingerprint density at radius 1 is 1.04 bits per heavy atom. The number of nitrogens with zero attached hydrogens (tertiary/aromatic N) is 2. The molecule has 0 bridgehead atoms. The average Bonchev–Trinajstić information content (AvgIpc) is 3.31. The van der Waals surface area contributed by atoms with Crippen molar-refractivity contribution in [1.29, 1.82) is 0 Å². The molecule has 0 radical (unpaired) electrons. The molecule has 25 heavy (non-hydrogen) atoms. The lowest BCUT2D eigenvalue weighted by Crippen LogP contribution is -2.26. The monoisotopic (exact) mass is 348 g/mol. The first kappa shape index (κ1) is 17.5. The van der Waals surface area contributed by atoms with Crippen molar-refractivity contribution in [3.05, 3.63) is 18.0 Å². The molecule has 1 aromatic heterocycles. The lowest BCUT2D eigenvalue weighted by atomic mass is 10.0.